The van der Waals surface area contributed by atoms with Crippen molar-refractivity contribution >= 4 is 287 Å². The average Bonchev–Trinajstić information content (AvgIpc) is 1.54. The lowest BCUT2D eigenvalue weighted by Crippen LogP contribution is -2.03. The number of fused-ring (bicyclic) bond motifs is 39. The van der Waals surface area contributed by atoms with Crippen LogP contribution in [0.3, 0.4) is 0 Å². The van der Waals surface area contributed by atoms with Crippen molar-refractivity contribution in [2.45, 2.75) is 0 Å². The molecule has 0 unspecified atom stereocenters. The smallest absolute Gasteiger partial charge is 0.235 e. The molecule has 0 amide bonds. The second-order valence-electron chi connectivity index (χ2n) is 35.8. The van der Waals surface area contributed by atoms with Crippen LogP contribution >= 0.6 is 68.0 Å². The van der Waals surface area contributed by atoms with E-state index in [2.05, 4.69) is 425 Å². The summed E-state index contributed by atoms with van der Waals surface area (Å²) in [5, 5.41) is 26.0. The van der Waals surface area contributed by atoms with Gasteiger partial charge in [0.15, 0.2) is 0 Å². The van der Waals surface area contributed by atoms with Crippen LogP contribution in [0.2, 0.25) is 0 Å². The Morgan fingerprint density at radius 1 is 0.170 bits per heavy atom. The minimum absolute atomic E-state index is 0.671. The first-order chi connectivity index (χ1) is 70.0. The second kappa shape index (κ2) is 31.8. The summed E-state index contributed by atoms with van der Waals surface area (Å²) in [7, 11) is 0. The molecule has 0 bridgehead atoms. The summed E-state index contributed by atoms with van der Waals surface area (Å²) in [6.07, 6.45) is 3.71. The van der Waals surface area contributed by atoms with Crippen LogP contribution in [0.25, 0.3) is 293 Å². The maximum Gasteiger partial charge on any atom is 0.235 e. The van der Waals surface area contributed by atoms with E-state index in [0.29, 0.717) is 17.8 Å². The minimum Gasteiger partial charge on any atom is -0.277 e. The summed E-state index contributed by atoms with van der Waals surface area (Å²) in [4.78, 5) is 37.2. The number of pyridine rings is 1. The van der Waals surface area contributed by atoms with Crippen LogP contribution in [0, 0.1) is 0 Å². The fraction of sp³-hybridized carbons (Fsp3) is 0. The Morgan fingerprint density at radius 3 is 0.801 bits per heavy atom. The summed E-state index contributed by atoms with van der Waals surface area (Å²) in [6, 6.07) is 148. The van der Waals surface area contributed by atoms with Crippen LogP contribution in [0.5, 0.6) is 0 Å². The number of hydrogen-bond acceptors (Lipinski definition) is 13. The third-order valence-electron chi connectivity index (χ3n) is 28.1. The van der Waals surface area contributed by atoms with Gasteiger partial charge in [0.1, 0.15) is 0 Å². The summed E-state index contributed by atoms with van der Waals surface area (Å²) in [5.74, 6) is 2.05. The normalized spacial score (nSPS) is 12.1. The van der Waals surface area contributed by atoms with Crippen molar-refractivity contribution in [2.75, 3.05) is 0 Å². The van der Waals surface area contributed by atoms with Crippen molar-refractivity contribution in [1.82, 2.24) is 48.6 Å². The van der Waals surface area contributed by atoms with E-state index in [4.69, 9.17) is 29.9 Å². The fourth-order valence-corrected chi connectivity index (χ4v) is 29.2. The Hall–Kier alpha value is -16.9. The fourth-order valence-electron chi connectivity index (χ4n) is 22.0. The Kier molecular flexibility index (Phi) is 18.1. The van der Waals surface area contributed by atoms with E-state index in [1.165, 1.54) is 162 Å². The molecule has 10 nitrogen and oxygen atoms in total. The van der Waals surface area contributed by atoms with Crippen molar-refractivity contribution in [2.24, 2.45) is 0 Å². The Morgan fingerprint density at radius 2 is 0.433 bits per heavy atom. The molecule has 16 heteroatoms. The SMILES string of the molecule is c1ccc(-c2ccc(-c3nc(-n4c5ccccc5c5c6c7ccccc7sc6c6ccccc6c54)nc4c3sc3ccccc34)cc2)cc1.c1ccc(-c2cccc(-c3nc(-n4c5ccccc5c5c6c7ccccc7sc6c6ccccc6c54)nc4c3sc3ccccc34)c2)cc1.c1cncc(-c2nc(-n3c4ccccc4c4c5c6ccccc6sc5c5ccccc5c43)nc3c2sc2ccccc23)c1. The molecule has 656 valence electrons. The first-order valence-corrected chi connectivity index (χ1v) is 51.9. The topological polar surface area (TPSA) is 105 Å². The molecule has 0 saturated carbocycles. The summed E-state index contributed by atoms with van der Waals surface area (Å²) in [5.41, 5.74) is 20.4. The summed E-state index contributed by atoms with van der Waals surface area (Å²) >= 11 is 10.9. The highest BCUT2D eigenvalue weighted by Crippen LogP contribution is 2.55. The van der Waals surface area contributed by atoms with Gasteiger partial charge in [0.25, 0.3) is 0 Å². The van der Waals surface area contributed by atoms with Crippen LogP contribution in [0.15, 0.2) is 425 Å². The number of hydrogen-bond donors (Lipinski definition) is 0. The van der Waals surface area contributed by atoms with E-state index in [9.17, 15) is 0 Å². The Labute approximate surface area is 827 Å². The molecular weight excluding hydrogens is 1830 g/mol. The first-order valence-electron chi connectivity index (χ1n) is 47.0. The minimum atomic E-state index is 0.671. The highest BCUT2D eigenvalue weighted by molar-refractivity contribution is 7.29. The molecule has 0 N–H and O–H groups in total. The molecule has 0 aliphatic carbocycles. The van der Waals surface area contributed by atoms with Gasteiger partial charge in [-0.3, -0.25) is 18.7 Å². The summed E-state index contributed by atoms with van der Waals surface area (Å²) < 4.78 is 21.7. The van der Waals surface area contributed by atoms with Crippen LogP contribution in [-0.4, -0.2) is 48.6 Å². The highest BCUT2D eigenvalue weighted by Gasteiger charge is 2.31. The first kappa shape index (κ1) is 80.2. The predicted molar refractivity (Wildman–Crippen MR) is 604 cm³/mol. The van der Waals surface area contributed by atoms with Gasteiger partial charge in [-0.05, 0) is 95.1 Å². The molecule has 13 heterocycles. The second-order valence-corrected chi connectivity index (χ2v) is 42.2. The van der Waals surface area contributed by atoms with Crippen LogP contribution in [0.1, 0.15) is 0 Å². The van der Waals surface area contributed by atoms with E-state index < -0.39 is 0 Å². The monoisotopic (exact) mass is 1900 g/mol. The Balaban J connectivity index is 0.0000000994. The predicted octanol–water partition coefficient (Wildman–Crippen LogP) is 36.1. The molecule has 0 atom stereocenters. The van der Waals surface area contributed by atoms with Gasteiger partial charge >= 0.3 is 0 Å². The van der Waals surface area contributed by atoms with Crippen molar-refractivity contribution < 1.29 is 0 Å². The van der Waals surface area contributed by atoms with Crippen molar-refractivity contribution in [3.05, 3.63) is 425 Å². The van der Waals surface area contributed by atoms with E-state index in [1.807, 2.05) is 52.5 Å². The van der Waals surface area contributed by atoms with Crippen LogP contribution in [0.4, 0.5) is 0 Å². The largest absolute Gasteiger partial charge is 0.277 e. The zero-order chi connectivity index (χ0) is 92.2. The maximum atomic E-state index is 5.55. The van der Waals surface area contributed by atoms with Gasteiger partial charge in [0, 0.05) is 184 Å². The zero-order valence-electron chi connectivity index (χ0n) is 74.8. The number of nitrogens with zero attached hydrogens (tertiary/aromatic N) is 10. The zero-order valence-corrected chi connectivity index (χ0v) is 79.7. The average molecular weight is 1900 g/mol. The molecule has 0 fully saturated rings. The van der Waals surface area contributed by atoms with E-state index >= 15 is 0 Å². The van der Waals surface area contributed by atoms with E-state index in [-0.39, 0.29) is 0 Å². The van der Waals surface area contributed by atoms with Crippen molar-refractivity contribution in [1.29, 1.82) is 0 Å². The molecule has 32 aromatic rings. The molecule has 0 radical (unpaired) electrons. The molecule has 141 heavy (non-hydrogen) atoms. The Bertz CT molecular complexity index is 10900. The molecule has 13 aromatic heterocycles. The van der Waals surface area contributed by atoms with Gasteiger partial charge in [-0.2, -0.15) is 0 Å². The van der Waals surface area contributed by atoms with E-state index in [1.54, 1.807) is 34.0 Å². The van der Waals surface area contributed by atoms with Gasteiger partial charge in [-0.1, -0.05) is 340 Å². The molecule has 0 aliphatic heterocycles. The van der Waals surface area contributed by atoms with Gasteiger partial charge in [0.2, 0.25) is 17.8 Å². The van der Waals surface area contributed by atoms with Gasteiger partial charge in [0.05, 0.1) is 80.8 Å². The van der Waals surface area contributed by atoms with Gasteiger partial charge in [-0.15, -0.1) is 68.0 Å². The molecule has 19 aromatic carbocycles. The molecule has 32 rings (SSSR count). The lowest BCUT2D eigenvalue weighted by molar-refractivity contribution is 1.02. The molecule has 0 saturated heterocycles. The van der Waals surface area contributed by atoms with Crippen molar-refractivity contribution in [3.8, 4) is 73.9 Å². The number of para-hydroxylation sites is 3. The maximum absolute atomic E-state index is 5.55. The van der Waals surface area contributed by atoms with Crippen molar-refractivity contribution in [3.63, 3.8) is 0 Å². The standard InChI is InChI=1S/2C44H25N3S2.C37H20N4S2/c1-2-13-26(14-3-1)27-15-12-16-28(25-27)39-43-40(33-21-8-11-24-36(33)49-43)46-44(45-39)47-34-22-9-6-19-31(34)37-38-32-20-7-10-23-35(32)48-42(38)30-18-5-4-17-29(30)41(37)47;1-2-12-26(13-3-1)27-22-24-28(25-23-27)39-43-40(33-18-8-11-21-36(33)49-43)46-44(45-39)47-34-19-9-6-16-31(34)37-38-32-17-7-10-20-35(32)48-42(38)30-15-5-4-14-29(30)41(37)47;1-2-12-23-22(11-1)34-30(31-25-14-4-7-17-28(25)42-35(23)31)24-13-3-6-16-27(24)41(34)37-39-32(21-10-9-19-38-20-21)36-33(40-37)26-15-5-8-18-29(26)43-36/h2*1-25H;1-20H. The van der Waals surface area contributed by atoms with Crippen LogP contribution < -0.4 is 0 Å². The number of rotatable bonds is 8. The number of aromatic nitrogens is 10. The number of thiophene rings is 6. The van der Waals surface area contributed by atoms with Gasteiger partial charge < -0.3 is 0 Å². The number of benzene rings is 19. The van der Waals surface area contributed by atoms with Crippen LogP contribution in [-0.2, 0) is 0 Å². The third kappa shape index (κ3) is 12.3. The molecule has 0 spiro atoms. The van der Waals surface area contributed by atoms with Gasteiger partial charge in [-0.25, -0.2) is 29.9 Å². The summed E-state index contributed by atoms with van der Waals surface area (Å²) in [6.45, 7) is 0. The quantitative estimate of drug-likeness (QED) is 0.149. The molecule has 0 aliphatic rings. The van der Waals surface area contributed by atoms with E-state index in [0.717, 1.165) is 114 Å². The third-order valence-corrected chi connectivity index (χ3v) is 35.2. The highest BCUT2D eigenvalue weighted by atomic mass is 32.1. The molecular formula is C125H70N10S6. The lowest BCUT2D eigenvalue weighted by Gasteiger charge is -2.12. The lowest BCUT2D eigenvalue weighted by atomic mass is 10.00.